The first-order chi connectivity index (χ1) is 13.2. The van der Waals surface area contributed by atoms with Crippen LogP contribution < -0.4 is 5.32 Å². The molecule has 0 fully saturated rings. The van der Waals surface area contributed by atoms with Crippen molar-refractivity contribution in [3.8, 4) is 22.3 Å². The molecule has 1 heteroatoms. The quantitative estimate of drug-likeness (QED) is 0.448. The van der Waals surface area contributed by atoms with Crippen LogP contribution in [0.1, 0.15) is 27.2 Å². The van der Waals surface area contributed by atoms with Gasteiger partial charge in [0.05, 0.1) is 0 Å². The average Bonchev–Trinajstić information content (AvgIpc) is 2.74. The van der Waals surface area contributed by atoms with Crippen molar-refractivity contribution in [2.45, 2.75) is 27.2 Å². The Kier molecular flexibility index (Phi) is 6.27. The summed E-state index contributed by atoms with van der Waals surface area (Å²) in [5, 5.41) is 3.64. The smallest absolute Gasteiger partial charge is 0.0396 e. The summed E-state index contributed by atoms with van der Waals surface area (Å²) in [7, 11) is 0. The third-order valence-electron chi connectivity index (χ3n) is 4.75. The third kappa shape index (κ3) is 4.77. The predicted molar refractivity (Wildman–Crippen MR) is 119 cm³/mol. The van der Waals surface area contributed by atoms with Crippen LogP contribution in [0.25, 0.3) is 22.3 Å². The van der Waals surface area contributed by atoms with Crippen molar-refractivity contribution in [3.05, 3.63) is 102 Å². The third-order valence-corrected chi connectivity index (χ3v) is 4.75. The van der Waals surface area contributed by atoms with E-state index in [0.29, 0.717) is 0 Å². The van der Waals surface area contributed by atoms with Gasteiger partial charge in [0.15, 0.2) is 0 Å². The van der Waals surface area contributed by atoms with Gasteiger partial charge in [-0.3, -0.25) is 0 Å². The normalized spacial score (nSPS) is 12.1. The van der Waals surface area contributed by atoms with Crippen molar-refractivity contribution in [2.75, 3.05) is 5.32 Å². The molecule has 0 saturated carbocycles. The summed E-state index contributed by atoms with van der Waals surface area (Å²) in [6.45, 7) is 6.43. The maximum atomic E-state index is 3.64. The Labute approximate surface area is 163 Å². The number of benzene rings is 3. The number of anilines is 1. The first-order valence-corrected chi connectivity index (χ1v) is 9.56. The lowest BCUT2D eigenvalue weighted by Gasteiger charge is -2.15. The topological polar surface area (TPSA) is 12.0 Å². The van der Waals surface area contributed by atoms with Gasteiger partial charge in [-0.1, -0.05) is 79.2 Å². The van der Waals surface area contributed by atoms with Gasteiger partial charge in [-0.05, 0) is 66.8 Å². The van der Waals surface area contributed by atoms with E-state index in [2.05, 4.69) is 117 Å². The van der Waals surface area contributed by atoms with Crippen LogP contribution in [-0.4, -0.2) is 0 Å². The largest absolute Gasteiger partial charge is 0.356 e. The molecule has 3 aromatic rings. The molecule has 0 aliphatic heterocycles. The average molecular weight is 354 g/mol. The van der Waals surface area contributed by atoms with Crippen LogP contribution in [0, 0.1) is 0 Å². The number of hydrogen-bond donors (Lipinski definition) is 1. The zero-order chi connectivity index (χ0) is 19.1. The van der Waals surface area contributed by atoms with E-state index in [1.165, 1.54) is 33.5 Å². The molecular formula is C26H27N. The molecule has 3 aromatic carbocycles. The molecule has 0 spiro atoms. The van der Waals surface area contributed by atoms with Crippen LogP contribution in [0.2, 0.25) is 0 Å². The second-order valence-electron chi connectivity index (χ2n) is 6.70. The van der Waals surface area contributed by atoms with Gasteiger partial charge in [-0.15, -0.1) is 0 Å². The van der Waals surface area contributed by atoms with E-state index >= 15 is 0 Å². The number of allylic oxidation sites excluding steroid dienone is 3. The molecule has 0 unspecified atom stereocenters. The summed E-state index contributed by atoms with van der Waals surface area (Å²) < 4.78 is 0. The minimum atomic E-state index is 1.02. The van der Waals surface area contributed by atoms with E-state index in [4.69, 9.17) is 0 Å². The molecule has 136 valence electrons. The highest BCUT2D eigenvalue weighted by Crippen LogP contribution is 2.31. The minimum Gasteiger partial charge on any atom is -0.356 e. The Hall–Kier alpha value is -3.06. The van der Waals surface area contributed by atoms with Crippen molar-refractivity contribution in [1.82, 2.24) is 0 Å². The zero-order valence-electron chi connectivity index (χ0n) is 16.4. The lowest BCUT2D eigenvalue weighted by molar-refractivity contribution is 1.07. The Morgan fingerprint density at radius 2 is 1.30 bits per heavy atom. The fourth-order valence-electron chi connectivity index (χ4n) is 3.10. The maximum absolute atomic E-state index is 3.64. The van der Waals surface area contributed by atoms with Gasteiger partial charge in [0.1, 0.15) is 0 Å². The molecule has 0 heterocycles. The van der Waals surface area contributed by atoms with Crippen LogP contribution in [0.4, 0.5) is 5.69 Å². The SMILES string of the molecule is C/C=C\C(Nc1cc(-c2ccccc2)cc(-c2ccccc2)c1)=C(/C)CC. The fourth-order valence-corrected chi connectivity index (χ4v) is 3.10. The molecule has 0 atom stereocenters. The highest BCUT2D eigenvalue weighted by Gasteiger charge is 2.07. The Morgan fingerprint density at radius 1 is 0.778 bits per heavy atom. The highest BCUT2D eigenvalue weighted by molar-refractivity contribution is 5.78. The van der Waals surface area contributed by atoms with Crippen LogP contribution >= 0.6 is 0 Å². The van der Waals surface area contributed by atoms with Gasteiger partial charge in [-0.25, -0.2) is 0 Å². The summed E-state index contributed by atoms with van der Waals surface area (Å²) in [5.41, 5.74) is 8.51. The van der Waals surface area contributed by atoms with E-state index in [9.17, 15) is 0 Å². The van der Waals surface area contributed by atoms with Crippen molar-refractivity contribution in [3.63, 3.8) is 0 Å². The van der Waals surface area contributed by atoms with Crippen LogP contribution in [0.15, 0.2) is 102 Å². The van der Waals surface area contributed by atoms with E-state index < -0.39 is 0 Å². The van der Waals surface area contributed by atoms with E-state index in [-0.39, 0.29) is 0 Å². The van der Waals surface area contributed by atoms with Crippen LogP contribution in [0.3, 0.4) is 0 Å². The standard InChI is InChI=1S/C26H27N/c1-4-12-26(20(3)5-2)27-25-18-23(21-13-8-6-9-14-21)17-24(19-25)22-15-10-7-11-16-22/h4,6-19,27H,5H2,1-3H3/b12-4-,26-20-. The number of rotatable bonds is 6. The molecule has 0 aromatic heterocycles. The zero-order valence-corrected chi connectivity index (χ0v) is 16.4. The molecule has 1 N–H and O–H groups in total. The highest BCUT2D eigenvalue weighted by atomic mass is 14.9. The first kappa shape index (κ1) is 18.7. The summed E-state index contributed by atoms with van der Waals surface area (Å²) in [6, 6.07) is 27.8. The van der Waals surface area contributed by atoms with Crippen LogP contribution in [0.5, 0.6) is 0 Å². The maximum Gasteiger partial charge on any atom is 0.0396 e. The molecule has 3 rings (SSSR count). The molecule has 0 bridgehead atoms. The lowest BCUT2D eigenvalue weighted by Crippen LogP contribution is -2.00. The van der Waals surface area contributed by atoms with Crippen molar-refractivity contribution in [2.24, 2.45) is 0 Å². The molecular weight excluding hydrogens is 326 g/mol. The van der Waals surface area contributed by atoms with Gasteiger partial charge in [0.25, 0.3) is 0 Å². The number of hydrogen-bond acceptors (Lipinski definition) is 1. The molecule has 1 nitrogen and oxygen atoms in total. The van der Waals surface area contributed by atoms with E-state index in [1.54, 1.807) is 0 Å². The fraction of sp³-hybridized carbons (Fsp3) is 0.154. The molecule has 0 saturated heterocycles. The molecule has 0 radical (unpaired) electrons. The van der Waals surface area contributed by atoms with E-state index in [0.717, 1.165) is 12.1 Å². The molecule has 0 aliphatic rings. The summed E-state index contributed by atoms with van der Waals surface area (Å²) in [5.74, 6) is 0. The number of nitrogens with one attached hydrogen (secondary N) is 1. The Bertz CT molecular complexity index is 877. The van der Waals surface area contributed by atoms with Gasteiger partial charge in [-0.2, -0.15) is 0 Å². The minimum absolute atomic E-state index is 1.02. The Morgan fingerprint density at radius 3 is 1.74 bits per heavy atom. The Balaban J connectivity index is 2.10. The lowest BCUT2D eigenvalue weighted by atomic mass is 9.98. The predicted octanol–water partition coefficient (Wildman–Crippen LogP) is 7.69. The van der Waals surface area contributed by atoms with Crippen molar-refractivity contribution in [1.29, 1.82) is 0 Å². The monoisotopic (exact) mass is 353 g/mol. The van der Waals surface area contributed by atoms with Gasteiger partial charge < -0.3 is 5.32 Å². The molecule has 0 aliphatic carbocycles. The molecule has 27 heavy (non-hydrogen) atoms. The summed E-state index contributed by atoms with van der Waals surface area (Å²) in [6.07, 6.45) is 5.26. The van der Waals surface area contributed by atoms with Gasteiger partial charge in [0, 0.05) is 11.4 Å². The van der Waals surface area contributed by atoms with Crippen molar-refractivity contribution >= 4 is 5.69 Å². The van der Waals surface area contributed by atoms with Gasteiger partial charge in [0.2, 0.25) is 0 Å². The van der Waals surface area contributed by atoms with Crippen LogP contribution in [-0.2, 0) is 0 Å². The second kappa shape index (κ2) is 9.05. The summed E-state index contributed by atoms with van der Waals surface area (Å²) in [4.78, 5) is 0. The van der Waals surface area contributed by atoms with E-state index in [1.807, 2.05) is 0 Å². The molecule has 0 amide bonds. The van der Waals surface area contributed by atoms with Crippen molar-refractivity contribution < 1.29 is 0 Å². The second-order valence-corrected chi connectivity index (χ2v) is 6.70. The van der Waals surface area contributed by atoms with Gasteiger partial charge >= 0.3 is 0 Å². The summed E-state index contributed by atoms with van der Waals surface area (Å²) >= 11 is 0. The first-order valence-electron chi connectivity index (χ1n) is 9.56.